The molecule has 0 spiro atoms. The highest BCUT2D eigenvalue weighted by atomic mass is 32.1. The molecular formula is C16H14N4OS. The van der Waals surface area contributed by atoms with Gasteiger partial charge in [0.2, 0.25) is 4.77 Å². The van der Waals surface area contributed by atoms with E-state index in [9.17, 15) is 0 Å². The Balaban J connectivity index is 1.90. The summed E-state index contributed by atoms with van der Waals surface area (Å²) in [6, 6.07) is 11.7. The van der Waals surface area contributed by atoms with Gasteiger partial charge >= 0.3 is 0 Å². The highest BCUT2D eigenvalue weighted by Crippen LogP contribution is 2.20. The van der Waals surface area contributed by atoms with Crippen molar-refractivity contribution in [3.8, 4) is 11.4 Å². The van der Waals surface area contributed by atoms with Crippen molar-refractivity contribution < 1.29 is 4.42 Å². The lowest BCUT2D eigenvalue weighted by molar-refractivity contribution is 0.557. The topological polar surface area (TPSA) is 59.1 Å². The summed E-state index contributed by atoms with van der Waals surface area (Å²) < 4.78 is 7.26. The molecule has 3 aromatic rings. The summed E-state index contributed by atoms with van der Waals surface area (Å²) in [5.41, 5.74) is 2.10. The van der Waals surface area contributed by atoms with Crippen LogP contribution >= 0.6 is 12.2 Å². The number of nitrogens with zero attached hydrogens (tertiary/aromatic N) is 3. The van der Waals surface area contributed by atoms with Gasteiger partial charge in [-0.15, -0.1) is 0 Å². The molecule has 2 aromatic heterocycles. The van der Waals surface area contributed by atoms with Gasteiger partial charge in [-0.25, -0.2) is 5.10 Å². The van der Waals surface area contributed by atoms with E-state index in [1.165, 1.54) is 0 Å². The Kier molecular flexibility index (Phi) is 4.11. The van der Waals surface area contributed by atoms with E-state index in [2.05, 4.69) is 15.3 Å². The van der Waals surface area contributed by atoms with Crippen molar-refractivity contribution in [3.63, 3.8) is 0 Å². The maximum atomic E-state index is 5.23. The fraction of sp³-hybridized carbons (Fsp3) is 0.0625. The number of aromatic nitrogens is 3. The van der Waals surface area contributed by atoms with Gasteiger partial charge < -0.3 is 4.42 Å². The summed E-state index contributed by atoms with van der Waals surface area (Å²) in [5, 5.41) is 11.4. The summed E-state index contributed by atoms with van der Waals surface area (Å²) in [4.78, 5) is 0. The van der Waals surface area contributed by atoms with E-state index >= 15 is 0 Å². The molecule has 0 unspecified atom stereocenters. The molecule has 2 heterocycles. The molecule has 110 valence electrons. The minimum atomic E-state index is 0.445. The summed E-state index contributed by atoms with van der Waals surface area (Å²) in [6.07, 6.45) is 6.88. The summed E-state index contributed by atoms with van der Waals surface area (Å²) >= 11 is 5.23. The van der Waals surface area contributed by atoms with Crippen LogP contribution in [0.3, 0.4) is 0 Å². The van der Waals surface area contributed by atoms with Crippen LogP contribution < -0.4 is 0 Å². The number of H-pyrrole nitrogens is 1. The van der Waals surface area contributed by atoms with E-state index in [0.29, 0.717) is 10.6 Å². The number of aromatic amines is 1. The van der Waals surface area contributed by atoms with Crippen LogP contribution in [-0.4, -0.2) is 21.1 Å². The number of nitrogens with one attached hydrogen (secondary N) is 1. The molecule has 5 nitrogen and oxygen atoms in total. The smallest absolute Gasteiger partial charge is 0.216 e. The molecular weight excluding hydrogens is 296 g/mol. The van der Waals surface area contributed by atoms with Gasteiger partial charge in [0, 0.05) is 11.8 Å². The summed E-state index contributed by atoms with van der Waals surface area (Å²) in [6.45, 7) is 2.03. The Morgan fingerprint density at radius 3 is 2.91 bits per heavy atom. The fourth-order valence-corrected chi connectivity index (χ4v) is 2.21. The second kappa shape index (κ2) is 6.36. The largest absolute Gasteiger partial charge is 0.465 e. The van der Waals surface area contributed by atoms with Gasteiger partial charge in [-0.2, -0.15) is 14.9 Å². The van der Waals surface area contributed by atoms with Crippen molar-refractivity contribution in [2.45, 2.75) is 6.92 Å². The molecule has 0 radical (unpaired) electrons. The fourth-order valence-electron chi connectivity index (χ4n) is 2.03. The van der Waals surface area contributed by atoms with Crippen molar-refractivity contribution in [2.24, 2.45) is 5.10 Å². The maximum absolute atomic E-state index is 5.23. The SMILES string of the molecule is Cc1ccccc1-c1n[nH]c(=S)n1/N=C\C=Cc1ccco1. The van der Waals surface area contributed by atoms with Crippen molar-refractivity contribution in [2.75, 3.05) is 0 Å². The van der Waals surface area contributed by atoms with Crippen LogP contribution in [0.2, 0.25) is 0 Å². The molecule has 0 aliphatic carbocycles. The number of aryl methyl sites for hydroxylation is 1. The van der Waals surface area contributed by atoms with Gasteiger partial charge in [-0.05, 0) is 49.0 Å². The number of hydrogen-bond donors (Lipinski definition) is 1. The summed E-state index contributed by atoms with van der Waals surface area (Å²) in [5.74, 6) is 1.45. The van der Waals surface area contributed by atoms with Crippen LogP contribution in [0.25, 0.3) is 17.5 Å². The standard InChI is InChI=1S/C16H14N4OS/c1-12-6-2-3-9-14(12)15-18-19-16(22)20(15)17-10-4-7-13-8-5-11-21-13/h2-11H,1H3,(H,19,22)/b7-4?,17-10-. The van der Waals surface area contributed by atoms with Gasteiger partial charge in [-0.1, -0.05) is 24.3 Å². The molecule has 0 atom stereocenters. The lowest BCUT2D eigenvalue weighted by Gasteiger charge is -2.03. The average molecular weight is 310 g/mol. The highest BCUT2D eigenvalue weighted by Gasteiger charge is 2.09. The first kappa shape index (κ1) is 14.2. The second-order valence-corrected chi connectivity index (χ2v) is 5.00. The van der Waals surface area contributed by atoms with Crippen LogP contribution in [0.4, 0.5) is 0 Å². The van der Waals surface area contributed by atoms with Crippen molar-refractivity contribution >= 4 is 24.5 Å². The van der Waals surface area contributed by atoms with Crippen LogP contribution in [0.15, 0.2) is 58.3 Å². The predicted molar refractivity (Wildman–Crippen MR) is 89.2 cm³/mol. The number of hydrogen-bond acceptors (Lipinski definition) is 4. The predicted octanol–water partition coefficient (Wildman–Crippen LogP) is 4.06. The minimum absolute atomic E-state index is 0.445. The molecule has 0 saturated carbocycles. The molecule has 3 rings (SSSR count). The number of furan rings is 1. The number of rotatable bonds is 4. The molecule has 0 aliphatic heterocycles. The van der Waals surface area contributed by atoms with Crippen molar-refractivity contribution in [1.82, 2.24) is 14.9 Å². The zero-order valence-electron chi connectivity index (χ0n) is 11.9. The Bertz CT molecular complexity index is 872. The molecule has 1 N–H and O–H groups in total. The minimum Gasteiger partial charge on any atom is -0.465 e. The lowest BCUT2D eigenvalue weighted by atomic mass is 10.1. The first-order chi connectivity index (χ1) is 10.8. The Morgan fingerprint density at radius 2 is 2.14 bits per heavy atom. The van der Waals surface area contributed by atoms with Gasteiger partial charge in [0.15, 0.2) is 5.82 Å². The van der Waals surface area contributed by atoms with Crippen LogP contribution in [0, 0.1) is 11.7 Å². The average Bonchev–Trinajstić information content (AvgIpc) is 3.15. The van der Waals surface area contributed by atoms with Crippen LogP contribution in [-0.2, 0) is 0 Å². The third-order valence-electron chi connectivity index (χ3n) is 3.11. The number of allylic oxidation sites excluding steroid dienone is 1. The molecule has 0 fully saturated rings. The molecule has 0 bridgehead atoms. The first-order valence-corrected chi connectivity index (χ1v) is 7.14. The molecule has 22 heavy (non-hydrogen) atoms. The van der Waals surface area contributed by atoms with Gasteiger partial charge in [0.25, 0.3) is 0 Å². The molecule has 0 saturated heterocycles. The second-order valence-electron chi connectivity index (χ2n) is 4.62. The third kappa shape index (κ3) is 2.96. The van der Waals surface area contributed by atoms with E-state index in [1.54, 1.807) is 23.2 Å². The zero-order valence-corrected chi connectivity index (χ0v) is 12.7. The molecule has 1 aromatic carbocycles. The van der Waals surface area contributed by atoms with E-state index < -0.39 is 0 Å². The molecule has 0 aliphatic rings. The Morgan fingerprint density at radius 1 is 1.27 bits per heavy atom. The van der Waals surface area contributed by atoms with Gasteiger partial charge in [-0.3, -0.25) is 0 Å². The highest BCUT2D eigenvalue weighted by molar-refractivity contribution is 7.71. The van der Waals surface area contributed by atoms with Gasteiger partial charge in [0.05, 0.1) is 6.26 Å². The lowest BCUT2D eigenvalue weighted by Crippen LogP contribution is -1.95. The van der Waals surface area contributed by atoms with Gasteiger partial charge in [0.1, 0.15) is 5.76 Å². The summed E-state index contributed by atoms with van der Waals surface area (Å²) in [7, 11) is 0. The van der Waals surface area contributed by atoms with Crippen LogP contribution in [0.5, 0.6) is 0 Å². The monoisotopic (exact) mass is 310 g/mol. The maximum Gasteiger partial charge on any atom is 0.216 e. The Labute approximate surface area is 132 Å². The van der Waals surface area contributed by atoms with E-state index in [0.717, 1.165) is 16.9 Å². The van der Waals surface area contributed by atoms with E-state index in [-0.39, 0.29) is 0 Å². The Hall–Kier alpha value is -2.73. The van der Waals surface area contributed by atoms with Crippen molar-refractivity contribution in [1.29, 1.82) is 0 Å². The normalized spacial score (nSPS) is 11.7. The third-order valence-corrected chi connectivity index (χ3v) is 3.37. The zero-order chi connectivity index (χ0) is 15.4. The first-order valence-electron chi connectivity index (χ1n) is 6.73. The molecule has 0 amide bonds. The van der Waals surface area contributed by atoms with Crippen LogP contribution in [0.1, 0.15) is 11.3 Å². The van der Waals surface area contributed by atoms with E-state index in [1.807, 2.05) is 49.4 Å². The van der Waals surface area contributed by atoms with E-state index in [4.69, 9.17) is 16.6 Å². The molecule has 6 heteroatoms. The van der Waals surface area contributed by atoms with Crippen molar-refractivity contribution in [3.05, 3.63) is 64.8 Å². The number of benzene rings is 1. The quantitative estimate of drug-likeness (QED) is 0.584.